The molecule has 18 heavy (non-hydrogen) atoms. The maximum atomic E-state index is 9.29. The summed E-state index contributed by atoms with van der Waals surface area (Å²) in [5.74, 6) is 0.334. The number of nitrogen functional groups attached to an aromatic ring is 1. The van der Waals surface area contributed by atoms with E-state index in [2.05, 4.69) is 24.0 Å². The maximum absolute atomic E-state index is 9.29. The van der Waals surface area contributed by atoms with E-state index in [4.69, 9.17) is 5.73 Å². The van der Waals surface area contributed by atoms with Gasteiger partial charge in [-0.3, -0.25) is 0 Å². The van der Waals surface area contributed by atoms with Gasteiger partial charge in [-0.15, -0.1) is 11.3 Å². The van der Waals surface area contributed by atoms with Gasteiger partial charge in [0.2, 0.25) is 0 Å². The molecule has 4 heteroatoms. The molecule has 2 N–H and O–H groups in total. The average molecular weight is 257 g/mol. The van der Waals surface area contributed by atoms with Crippen molar-refractivity contribution in [1.29, 1.82) is 5.26 Å². The van der Waals surface area contributed by atoms with E-state index in [1.54, 1.807) is 11.3 Å². The van der Waals surface area contributed by atoms with Crippen LogP contribution in [-0.4, -0.2) is 4.98 Å². The Bertz CT molecular complexity index is 634. The summed E-state index contributed by atoms with van der Waals surface area (Å²) in [4.78, 5) is 6.63. The lowest BCUT2D eigenvalue weighted by molar-refractivity contribution is 1.01. The van der Waals surface area contributed by atoms with Gasteiger partial charge in [-0.05, 0) is 38.0 Å². The fourth-order valence-corrected chi connectivity index (χ4v) is 3.06. The molecule has 3 nitrogen and oxygen atoms in total. The van der Waals surface area contributed by atoms with Gasteiger partial charge in [-0.25, -0.2) is 4.98 Å². The summed E-state index contributed by atoms with van der Waals surface area (Å²) < 4.78 is 0. The standard InChI is InChI=1S/C14H15N3S/c1-4-11-9(3)13(10(7-15)14(16)17-11)12-6-5-8(2)18-12/h5-6H,4H2,1-3H3,(H2,16,17). The number of aryl methyl sites for hydroxylation is 2. The molecule has 0 amide bonds. The van der Waals surface area contributed by atoms with Gasteiger partial charge in [0.25, 0.3) is 0 Å². The normalized spacial score (nSPS) is 10.3. The molecule has 0 radical (unpaired) electrons. The van der Waals surface area contributed by atoms with Crippen molar-refractivity contribution in [1.82, 2.24) is 4.98 Å². The Balaban J connectivity index is 2.79. The zero-order valence-electron chi connectivity index (χ0n) is 10.7. The summed E-state index contributed by atoms with van der Waals surface area (Å²) in [5, 5.41) is 9.29. The van der Waals surface area contributed by atoms with Gasteiger partial charge in [-0.1, -0.05) is 6.92 Å². The molecule has 0 aliphatic heterocycles. The molecule has 0 bridgehead atoms. The number of nitriles is 1. The minimum Gasteiger partial charge on any atom is -0.383 e. The molecule has 0 atom stereocenters. The molecule has 0 aromatic carbocycles. The molecule has 0 saturated heterocycles. The Morgan fingerprint density at radius 1 is 1.39 bits per heavy atom. The first-order chi connectivity index (χ1) is 8.58. The average Bonchev–Trinajstić information content (AvgIpc) is 2.77. The number of nitrogens with two attached hydrogens (primary N) is 1. The van der Waals surface area contributed by atoms with Crippen LogP contribution in [0.5, 0.6) is 0 Å². The first kappa shape index (κ1) is 12.6. The number of hydrogen-bond donors (Lipinski definition) is 1. The Labute approximate surface area is 111 Å². The van der Waals surface area contributed by atoms with Gasteiger partial charge in [0.05, 0.1) is 0 Å². The molecule has 0 unspecified atom stereocenters. The molecule has 0 aliphatic rings. The van der Waals surface area contributed by atoms with Crippen LogP contribution in [0.3, 0.4) is 0 Å². The second-order valence-electron chi connectivity index (χ2n) is 4.19. The van der Waals surface area contributed by atoms with Gasteiger partial charge < -0.3 is 5.73 Å². The number of nitrogens with zero attached hydrogens (tertiary/aromatic N) is 2. The largest absolute Gasteiger partial charge is 0.383 e. The third-order valence-electron chi connectivity index (χ3n) is 3.00. The fourth-order valence-electron chi connectivity index (χ4n) is 2.08. The van der Waals surface area contributed by atoms with E-state index in [1.165, 1.54) is 4.88 Å². The predicted octanol–water partition coefficient (Wildman–Crippen LogP) is 3.44. The second-order valence-corrected chi connectivity index (χ2v) is 5.48. The molecule has 92 valence electrons. The number of rotatable bonds is 2. The van der Waals surface area contributed by atoms with Gasteiger partial charge in [0.1, 0.15) is 17.5 Å². The quantitative estimate of drug-likeness (QED) is 0.896. The lowest BCUT2D eigenvalue weighted by atomic mass is 9.99. The summed E-state index contributed by atoms with van der Waals surface area (Å²) in [6.45, 7) is 6.11. The summed E-state index contributed by atoms with van der Waals surface area (Å²) in [6, 6.07) is 6.28. The monoisotopic (exact) mass is 257 g/mol. The van der Waals surface area contributed by atoms with E-state index in [9.17, 15) is 5.26 Å². The Morgan fingerprint density at radius 2 is 2.11 bits per heavy atom. The van der Waals surface area contributed by atoms with Crippen LogP contribution in [-0.2, 0) is 6.42 Å². The minimum atomic E-state index is 0.334. The van der Waals surface area contributed by atoms with Crippen LogP contribution in [0.2, 0.25) is 0 Å². The summed E-state index contributed by atoms with van der Waals surface area (Å²) >= 11 is 1.68. The van der Waals surface area contributed by atoms with Crippen LogP contribution in [0.15, 0.2) is 12.1 Å². The van der Waals surface area contributed by atoms with Crippen molar-refractivity contribution in [2.24, 2.45) is 0 Å². The zero-order valence-corrected chi connectivity index (χ0v) is 11.6. The van der Waals surface area contributed by atoms with Gasteiger partial charge in [-0.2, -0.15) is 5.26 Å². The number of pyridine rings is 1. The second kappa shape index (κ2) is 4.79. The highest BCUT2D eigenvalue weighted by molar-refractivity contribution is 7.15. The number of aromatic nitrogens is 1. The van der Waals surface area contributed by atoms with E-state index in [0.717, 1.165) is 28.1 Å². The molecule has 0 aliphatic carbocycles. The number of thiophene rings is 1. The minimum absolute atomic E-state index is 0.334. The van der Waals surface area contributed by atoms with Crippen LogP contribution in [0.25, 0.3) is 10.4 Å². The van der Waals surface area contributed by atoms with Gasteiger partial charge in [0.15, 0.2) is 0 Å². The smallest absolute Gasteiger partial charge is 0.142 e. The molecule has 2 aromatic heterocycles. The van der Waals surface area contributed by atoms with E-state index in [-0.39, 0.29) is 0 Å². The van der Waals surface area contributed by atoms with Crippen LogP contribution in [0, 0.1) is 25.2 Å². The molecular weight excluding hydrogens is 242 g/mol. The number of hydrogen-bond acceptors (Lipinski definition) is 4. The van der Waals surface area contributed by atoms with Crippen LogP contribution in [0.4, 0.5) is 5.82 Å². The number of anilines is 1. The van der Waals surface area contributed by atoms with Crippen LogP contribution < -0.4 is 5.73 Å². The van der Waals surface area contributed by atoms with Crippen molar-refractivity contribution < 1.29 is 0 Å². The first-order valence-corrected chi connectivity index (χ1v) is 6.66. The third-order valence-corrected chi connectivity index (χ3v) is 4.02. The summed E-state index contributed by atoms with van der Waals surface area (Å²) in [6.07, 6.45) is 0.819. The molecular formula is C14H15N3S. The molecule has 2 aromatic rings. The van der Waals surface area contributed by atoms with E-state index >= 15 is 0 Å². The molecule has 0 fully saturated rings. The van der Waals surface area contributed by atoms with Gasteiger partial charge >= 0.3 is 0 Å². The first-order valence-electron chi connectivity index (χ1n) is 5.84. The lowest BCUT2D eigenvalue weighted by Gasteiger charge is -2.12. The highest BCUT2D eigenvalue weighted by Crippen LogP contribution is 2.35. The van der Waals surface area contributed by atoms with Gasteiger partial charge in [0, 0.05) is 21.0 Å². The zero-order chi connectivity index (χ0) is 13.3. The maximum Gasteiger partial charge on any atom is 0.142 e. The molecule has 0 saturated carbocycles. The van der Waals surface area contributed by atoms with E-state index in [1.807, 2.05) is 19.9 Å². The van der Waals surface area contributed by atoms with Crippen molar-refractivity contribution in [2.75, 3.05) is 5.73 Å². The topological polar surface area (TPSA) is 62.7 Å². The van der Waals surface area contributed by atoms with E-state index in [0.29, 0.717) is 11.4 Å². The van der Waals surface area contributed by atoms with Crippen molar-refractivity contribution >= 4 is 17.2 Å². The highest BCUT2D eigenvalue weighted by atomic mass is 32.1. The van der Waals surface area contributed by atoms with Crippen molar-refractivity contribution in [3.05, 3.63) is 33.8 Å². The predicted molar refractivity (Wildman–Crippen MR) is 75.5 cm³/mol. The SMILES string of the molecule is CCc1nc(N)c(C#N)c(-c2ccc(C)s2)c1C. The van der Waals surface area contributed by atoms with Crippen LogP contribution in [0.1, 0.15) is 28.6 Å². The van der Waals surface area contributed by atoms with Crippen molar-refractivity contribution in [3.63, 3.8) is 0 Å². The summed E-state index contributed by atoms with van der Waals surface area (Å²) in [7, 11) is 0. The van der Waals surface area contributed by atoms with E-state index < -0.39 is 0 Å². The third kappa shape index (κ3) is 1.98. The Kier molecular flexibility index (Phi) is 3.35. The molecule has 0 spiro atoms. The molecule has 2 rings (SSSR count). The summed E-state index contributed by atoms with van der Waals surface area (Å²) in [5.41, 5.74) is 9.35. The van der Waals surface area contributed by atoms with Crippen molar-refractivity contribution in [2.45, 2.75) is 27.2 Å². The van der Waals surface area contributed by atoms with Crippen LogP contribution >= 0.6 is 11.3 Å². The van der Waals surface area contributed by atoms with Crippen molar-refractivity contribution in [3.8, 4) is 16.5 Å². The lowest BCUT2D eigenvalue weighted by Crippen LogP contribution is -2.04. The fraction of sp³-hybridized carbons (Fsp3) is 0.286. The Morgan fingerprint density at radius 3 is 2.61 bits per heavy atom. The highest BCUT2D eigenvalue weighted by Gasteiger charge is 2.17. The molecule has 2 heterocycles. The Hall–Kier alpha value is -1.86.